The van der Waals surface area contributed by atoms with E-state index in [0.717, 1.165) is 27.4 Å². The maximum absolute atomic E-state index is 13.1. The summed E-state index contributed by atoms with van der Waals surface area (Å²) in [7, 11) is 6.09. The van der Waals surface area contributed by atoms with Gasteiger partial charge in [0.15, 0.2) is 0 Å². The highest BCUT2D eigenvalue weighted by Crippen LogP contribution is 2.38. The van der Waals surface area contributed by atoms with E-state index in [1.165, 1.54) is 4.90 Å². The molecule has 1 aliphatic heterocycles. The number of benzene rings is 2. The number of hydrogen-bond donors (Lipinski definition) is 2. The Morgan fingerprint density at radius 1 is 1.11 bits per heavy atom. The largest absolute Gasteiger partial charge is 1.00 e. The average Bonchev–Trinajstić information content (AvgIpc) is 3.02. The molecule has 27 heavy (non-hydrogen) atoms. The number of aromatic hydroxyl groups is 1. The lowest BCUT2D eigenvalue weighted by molar-refractivity contribution is -0.869. The first kappa shape index (κ1) is 19.6. The van der Waals surface area contributed by atoms with Crippen molar-refractivity contribution in [3.8, 4) is 5.75 Å². The Labute approximate surface area is 174 Å². The molecule has 0 unspecified atom stereocenters. The first-order valence-corrected chi connectivity index (χ1v) is 8.62. The number of phenolic OH excluding ortho intramolecular Hbond substituents is 1. The fourth-order valence-electron chi connectivity index (χ4n) is 3.60. The molecule has 0 aliphatic carbocycles. The van der Waals surface area contributed by atoms with Gasteiger partial charge in [-0.05, 0) is 36.8 Å². The normalized spacial score (nSPS) is 14.1. The molecule has 6 nitrogen and oxygen atoms in total. The number of carbonyl (C=O) groups excluding carboxylic acids is 2. The number of carbonyl (C=O) groups is 2. The zero-order valence-electron chi connectivity index (χ0n) is 15.8. The van der Waals surface area contributed by atoms with Gasteiger partial charge in [0.2, 0.25) is 0 Å². The van der Waals surface area contributed by atoms with E-state index < -0.39 is 0 Å². The maximum atomic E-state index is 13.1. The number of hydrogen-bond acceptors (Lipinski definition) is 3. The zero-order chi connectivity index (χ0) is 18.8. The van der Waals surface area contributed by atoms with Gasteiger partial charge >= 0.3 is 0 Å². The molecule has 0 atom stereocenters. The number of H-pyrrole nitrogens is 1. The number of phenols is 1. The second-order valence-corrected chi connectivity index (χ2v) is 8.00. The molecular formula is C20H22IN3O3. The van der Waals surface area contributed by atoms with Crippen LogP contribution < -0.4 is 24.0 Å². The van der Waals surface area contributed by atoms with E-state index in [-0.39, 0.29) is 41.5 Å². The number of amides is 2. The third kappa shape index (κ3) is 3.08. The van der Waals surface area contributed by atoms with Crippen LogP contribution in [0, 0.1) is 6.92 Å². The molecule has 0 saturated carbocycles. The van der Waals surface area contributed by atoms with Crippen LogP contribution in [0.4, 0.5) is 0 Å². The van der Waals surface area contributed by atoms with Crippen molar-refractivity contribution in [1.29, 1.82) is 0 Å². The van der Waals surface area contributed by atoms with Crippen LogP contribution in [-0.2, 0) is 0 Å². The lowest BCUT2D eigenvalue weighted by Gasteiger charge is -2.26. The van der Waals surface area contributed by atoms with Gasteiger partial charge in [-0.3, -0.25) is 14.5 Å². The quantitative estimate of drug-likeness (QED) is 0.306. The number of imide groups is 1. The standard InChI is InChI=1S/C20H21N3O3.HI/c1-11-9-14-17(20(26)22(19(14)25)7-8-23(2,3)4)16-13-10-12(24)5-6-15(13)21-18(11)16;/h5-6,9-10H,7-8H2,1-4H3,(H-,21,24,25,26);1H. The van der Waals surface area contributed by atoms with E-state index in [9.17, 15) is 14.7 Å². The number of rotatable bonds is 3. The molecule has 4 rings (SSSR count). The SMILES string of the molecule is Cc1cc2c(c3c1[nH]c1ccc(O)cc13)C(=O)N(CC[N+](C)(C)C)C2=O.[I-]. The second kappa shape index (κ2) is 6.49. The highest BCUT2D eigenvalue weighted by atomic mass is 127. The monoisotopic (exact) mass is 479 g/mol. The molecule has 0 bridgehead atoms. The van der Waals surface area contributed by atoms with Gasteiger partial charge in [-0.25, -0.2) is 0 Å². The van der Waals surface area contributed by atoms with Crippen molar-refractivity contribution in [1.82, 2.24) is 9.88 Å². The van der Waals surface area contributed by atoms with Gasteiger partial charge in [-0.2, -0.15) is 0 Å². The number of aromatic amines is 1. The fourth-order valence-corrected chi connectivity index (χ4v) is 3.60. The van der Waals surface area contributed by atoms with Gasteiger partial charge in [0, 0.05) is 16.3 Å². The van der Waals surface area contributed by atoms with Crippen molar-refractivity contribution in [3.63, 3.8) is 0 Å². The smallest absolute Gasteiger partial charge is 0.262 e. The van der Waals surface area contributed by atoms with Gasteiger partial charge in [0.05, 0.1) is 50.9 Å². The number of quaternary nitrogens is 1. The lowest BCUT2D eigenvalue weighted by Crippen LogP contribution is -3.00. The van der Waals surface area contributed by atoms with Gasteiger partial charge < -0.3 is 38.6 Å². The molecule has 2 N–H and O–H groups in total. The molecule has 0 fully saturated rings. The summed E-state index contributed by atoms with van der Waals surface area (Å²) >= 11 is 0. The van der Waals surface area contributed by atoms with Gasteiger partial charge in [-0.15, -0.1) is 0 Å². The molecular weight excluding hydrogens is 457 g/mol. The van der Waals surface area contributed by atoms with Crippen LogP contribution in [0.3, 0.4) is 0 Å². The highest BCUT2D eigenvalue weighted by Gasteiger charge is 2.38. The van der Waals surface area contributed by atoms with E-state index >= 15 is 0 Å². The third-order valence-corrected chi connectivity index (χ3v) is 4.99. The van der Waals surface area contributed by atoms with Crippen molar-refractivity contribution in [2.75, 3.05) is 34.2 Å². The predicted octanol–water partition coefficient (Wildman–Crippen LogP) is -0.359. The zero-order valence-corrected chi connectivity index (χ0v) is 17.9. The third-order valence-electron chi connectivity index (χ3n) is 4.99. The molecule has 2 amide bonds. The summed E-state index contributed by atoms with van der Waals surface area (Å²) in [4.78, 5) is 30.6. The maximum Gasteiger partial charge on any atom is 0.262 e. The first-order valence-electron chi connectivity index (χ1n) is 8.62. The van der Waals surface area contributed by atoms with Crippen LogP contribution >= 0.6 is 0 Å². The summed E-state index contributed by atoms with van der Waals surface area (Å²) < 4.78 is 0.669. The van der Waals surface area contributed by atoms with Crippen molar-refractivity contribution in [2.24, 2.45) is 0 Å². The molecule has 2 aromatic carbocycles. The van der Waals surface area contributed by atoms with E-state index in [4.69, 9.17) is 0 Å². The summed E-state index contributed by atoms with van der Waals surface area (Å²) in [5.41, 5.74) is 3.46. The van der Waals surface area contributed by atoms with Crippen molar-refractivity contribution >= 4 is 33.6 Å². The molecule has 0 saturated heterocycles. The Balaban J connectivity index is 0.00000210. The number of nitrogens with one attached hydrogen (secondary N) is 1. The minimum Gasteiger partial charge on any atom is -1.00 e. The fraction of sp³-hybridized carbons (Fsp3) is 0.300. The topological polar surface area (TPSA) is 73.4 Å². The van der Waals surface area contributed by atoms with E-state index in [1.807, 2.05) is 28.1 Å². The van der Waals surface area contributed by atoms with E-state index in [0.29, 0.717) is 28.7 Å². The van der Waals surface area contributed by atoms with Crippen LogP contribution in [0.2, 0.25) is 0 Å². The summed E-state index contributed by atoms with van der Waals surface area (Å²) in [6.45, 7) is 2.98. The molecule has 1 aromatic heterocycles. The van der Waals surface area contributed by atoms with Crippen LogP contribution in [0.25, 0.3) is 21.8 Å². The summed E-state index contributed by atoms with van der Waals surface area (Å²) in [6, 6.07) is 6.82. The Bertz CT molecular complexity index is 1100. The molecule has 3 aromatic rings. The Morgan fingerprint density at radius 3 is 2.48 bits per heavy atom. The van der Waals surface area contributed by atoms with Gasteiger partial charge in [0.1, 0.15) is 5.75 Å². The number of nitrogens with zero attached hydrogens (tertiary/aromatic N) is 2. The van der Waals surface area contributed by atoms with Crippen LogP contribution in [0.1, 0.15) is 26.3 Å². The van der Waals surface area contributed by atoms with E-state index in [2.05, 4.69) is 4.98 Å². The molecule has 7 heteroatoms. The Kier molecular flexibility index (Phi) is 4.72. The van der Waals surface area contributed by atoms with Gasteiger partial charge in [-0.1, -0.05) is 0 Å². The lowest BCUT2D eigenvalue weighted by atomic mass is 9.99. The Morgan fingerprint density at radius 2 is 1.81 bits per heavy atom. The predicted molar refractivity (Wildman–Crippen MR) is 100 cm³/mol. The van der Waals surface area contributed by atoms with Crippen molar-refractivity contribution < 1.29 is 43.2 Å². The van der Waals surface area contributed by atoms with Crippen LogP contribution in [-0.4, -0.2) is 65.5 Å². The second-order valence-electron chi connectivity index (χ2n) is 8.00. The minimum absolute atomic E-state index is 0. The highest BCUT2D eigenvalue weighted by molar-refractivity contribution is 6.30. The Hall–Kier alpha value is -2.13. The molecule has 0 radical (unpaired) electrons. The summed E-state index contributed by atoms with van der Waals surface area (Å²) in [5, 5.41) is 11.4. The van der Waals surface area contributed by atoms with Crippen LogP contribution in [0.5, 0.6) is 5.75 Å². The number of likely N-dealkylation sites (N-methyl/N-ethyl adjacent to an activating group) is 1. The number of aryl methyl sites for hydroxylation is 1. The molecule has 1 aliphatic rings. The van der Waals surface area contributed by atoms with Gasteiger partial charge in [0.25, 0.3) is 11.8 Å². The first-order chi connectivity index (χ1) is 12.2. The molecule has 2 heterocycles. The number of fused-ring (bicyclic) bond motifs is 5. The number of halogens is 1. The summed E-state index contributed by atoms with van der Waals surface area (Å²) in [5.74, 6) is -0.363. The number of aromatic nitrogens is 1. The molecule has 142 valence electrons. The van der Waals surface area contributed by atoms with Crippen LogP contribution in [0.15, 0.2) is 24.3 Å². The van der Waals surface area contributed by atoms with Crippen molar-refractivity contribution in [2.45, 2.75) is 6.92 Å². The summed E-state index contributed by atoms with van der Waals surface area (Å²) in [6.07, 6.45) is 0. The molecule has 0 spiro atoms. The van der Waals surface area contributed by atoms with Crippen molar-refractivity contribution in [3.05, 3.63) is 41.0 Å². The average molecular weight is 479 g/mol. The van der Waals surface area contributed by atoms with E-state index in [1.54, 1.807) is 24.3 Å². The minimum atomic E-state index is -0.257.